The van der Waals surface area contributed by atoms with Crippen molar-refractivity contribution in [1.82, 2.24) is 10.2 Å². The Morgan fingerprint density at radius 1 is 1.00 bits per heavy atom. The maximum atomic E-state index is 13.6. The molecule has 0 saturated heterocycles. The van der Waals surface area contributed by atoms with Gasteiger partial charge in [0.15, 0.2) is 5.82 Å². The van der Waals surface area contributed by atoms with Crippen LogP contribution in [0.25, 0.3) is 6.08 Å². The molecule has 1 heterocycles. The topological polar surface area (TPSA) is 57.8 Å². The van der Waals surface area contributed by atoms with E-state index in [9.17, 15) is 13.6 Å². The van der Waals surface area contributed by atoms with E-state index in [1.807, 2.05) is 12.2 Å². The summed E-state index contributed by atoms with van der Waals surface area (Å²) in [6.07, 6.45) is 7.44. The van der Waals surface area contributed by atoms with Crippen LogP contribution >= 0.6 is 0 Å². The highest BCUT2D eigenvalue weighted by Crippen LogP contribution is 2.42. The molecule has 0 atom stereocenters. The molecular weight excluding hydrogens is 384 g/mol. The van der Waals surface area contributed by atoms with Gasteiger partial charge in [-0.1, -0.05) is 42.8 Å². The molecule has 2 aromatic carbocycles. The Morgan fingerprint density at radius 3 is 2.13 bits per heavy atom. The van der Waals surface area contributed by atoms with Gasteiger partial charge in [-0.25, -0.2) is 8.78 Å². The molecule has 1 amide bonds. The summed E-state index contributed by atoms with van der Waals surface area (Å²) >= 11 is 0. The lowest BCUT2D eigenvalue weighted by molar-refractivity contribution is -0.122. The number of rotatable bonds is 4. The first-order chi connectivity index (χ1) is 14.5. The smallest absolute Gasteiger partial charge is 0.228 e. The fraction of sp³-hybridized carbons (Fsp3) is 0.250. The zero-order chi connectivity index (χ0) is 20.7. The molecule has 0 bridgehead atoms. The van der Waals surface area contributed by atoms with Gasteiger partial charge in [-0.3, -0.25) is 9.89 Å². The highest BCUT2D eigenvalue weighted by Gasteiger charge is 2.37. The number of carbonyl (C=O) groups excluding carboxylic acids is 1. The maximum Gasteiger partial charge on any atom is 0.228 e. The van der Waals surface area contributed by atoms with E-state index >= 15 is 0 Å². The molecule has 0 unspecified atom stereocenters. The Bertz CT molecular complexity index is 1070. The van der Waals surface area contributed by atoms with Crippen LogP contribution in [0.2, 0.25) is 0 Å². The van der Waals surface area contributed by atoms with Gasteiger partial charge >= 0.3 is 0 Å². The summed E-state index contributed by atoms with van der Waals surface area (Å²) in [5, 5.41) is 10.3. The van der Waals surface area contributed by atoms with Crippen molar-refractivity contribution < 1.29 is 13.6 Å². The van der Waals surface area contributed by atoms with Gasteiger partial charge in [-0.15, -0.1) is 0 Å². The number of amides is 1. The van der Waals surface area contributed by atoms with Crippen LogP contribution in [0.15, 0.2) is 54.6 Å². The molecule has 2 aliphatic rings. The maximum absolute atomic E-state index is 13.6. The number of aromatic nitrogens is 2. The Kier molecular flexibility index (Phi) is 4.50. The van der Waals surface area contributed by atoms with E-state index in [-0.39, 0.29) is 23.5 Å². The van der Waals surface area contributed by atoms with Gasteiger partial charge in [0, 0.05) is 29.0 Å². The van der Waals surface area contributed by atoms with Crippen molar-refractivity contribution >= 4 is 17.8 Å². The Hall–Kier alpha value is -3.28. The van der Waals surface area contributed by atoms with Gasteiger partial charge in [0.1, 0.15) is 11.6 Å². The third-order valence-electron chi connectivity index (χ3n) is 6.31. The minimum absolute atomic E-state index is 0.0119. The van der Waals surface area contributed by atoms with Gasteiger partial charge in [-0.2, -0.15) is 5.10 Å². The number of fused-ring (bicyclic) bond motifs is 1. The molecule has 152 valence electrons. The van der Waals surface area contributed by atoms with Crippen LogP contribution < -0.4 is 5.32 Å². The van der Waals surface area contributed by atoms with E-state index in [0.29, 0.717) is 12.2 Å². The van der Waals surface area contributed by atoms with Crippen LogP contribution in [-0.4, -0.2) is 16.1 Å². The summed E-state index contributed by atoms with van der Waals surface area (Å²) in [6.45, 7) is 0. The number of benzene rings is 2. The third-order valence-corrected chi connectivity index (χ3v) is 6.31. The number of H-pyrrole nitrogens is 1. The Balaban J connectivity index is 1.53. The highest BCUT2D eigenvalue weighted by atomic mass is 19.1. The minimum Gasteiger partial charge on any atom is -0.308 e. The van der Waals surface area contributed by atoms with Crippen molar-refractivity contribution in [1.29, 1.82) is 0 Å². The largest absolute Gasteiger partial charge is 0.308 e. The van der Waals surface area contributed by atoms with E-state index in [1.165, 1.54) is 24.3 Å². The van der Waals surface area contributed by atoms with Crippen molar-refractivity contribution in [3.63, 3.8) is 0 Å². The average Bonchev–Trinajstić information content (AvgIpc) is 3.09. The molecule has 1 fully saturated rings. The van der Waals surface area contributed by atoms with Gasteiger partial charge in [0.25, 0.3) is 0 Å². The van der Waals surface area contributed by atoms with Gasteiger partial charge < -0.3 is 5.32 Å². The number of halogens is 2. The fourth-order valence-corrected chi connectivity index (χ4v) is 4.31. The summed E-state index contributed by atoms with van der Waals surface area (Å²) < 4.78 is 27.1. The van der Waals surface area contributed by atoms with Gasteiger partial charge in [-0.05, 0) is 48.2 Å². The molecule has 2 aliphatic carbocycles. The summed E-state index contributed by atoms with van der Waals surface area (Å²) in [4.78, 5) is 12.4. The molecule has 1 saturated carbocycles. The molecule has 0 aliphatic heterocycles. The normalized spacial score (nSPS) is 17.3. The van der Waals surface area contributed by atoms with Crippen LogP contribution in [0.4, 0.5) is 14.6 Å². The lowest BCUT2D eigenvalue weighted by atomic mass is 9.68. The molecule has 3 aromatic rings. The molecular formula is C24H21F2N3O. The number of carbonyl (C=O) groups is 1. The molecule has 30 heavy (non-hydrogen) atoms. The number of allylic oxidation sites excluding steroid dienone is 1. The lowest BCUT2D eigenvalue weighted by Gasteiger charge is -2.34. The van der Waals surface area contributed by atoms with Crippen LogP contribution in [0.5, 0.6) is 0 Å². The van der Waals surface area contributed by atoms with Gasteiger partial charge in [0.05, 0.1) is 0 Å². The molecule has 0 spiro atoms. The Morgan fingerprint density at radius 2 is 1.60 bits per heavy atom. The number of anilines is 1. The van der Waals surface area contributed by atoms with E-state index < -0.39 is 5.41 Å². The lowest BCUT2D eigenvalue weighted by Crippen LogP contribution is -2.31. The number of hydrogen-bond acceptors (Lipinski definition) is 2. The first-order valence-corrected chi connectivity index (χ1v) is 10.1. The van der Waals surface area contributed by atoms with E-state index in [1.54, 1.807) is 24.3 Å². The fourth-order valence-electron chi connectivity index (χ4n) is 4.31. The SMILES string of the molecule is O=C(Nc1n[nH]c2c1C=CC(c1ccc(F)cc1)(c1ccc(F)cc1)C2)C1CCC1. The second kappa shape index (κ2) is 7.20. The first kappa shape index (κ1) is 18.7. The summed E-state index contributed by atoms with van der Waals surface area (Å²) in [5.74, 6) is -0.00251. The summed E-state index contributed by atoms with van der Waals surface area (Å²) in [7, 11) is 0. The van der Waals surface area contributed by atoms with Crippen molar-refractivity contribution in [2.45, 2.75) is 31.1 Å². The second-order valence-corrected chi connectivity index (χ2v) is 8.08. The number of nitrogens with one attached hydrogen (secondary N) is 2. The minimum atomic E-state index is -0.601. The van der Waals surface area contributed by atoms with Crippen LogP contribution in [-0.2, 0) is 16.6 Å². The molecule has 1 aromatic heterocycles. The molecule has 4 nitrogen and oxygen atoms in total. The number of aromatic amines is 1. The molecule has 6 heteroatoms. The van der Waals surface area contributed by atoms with Crippen molar-refractivity contribution in [3.05, 3.63) is 88.6 Å². The predicted octanol–water partition coefficient (Wildman–Crippen LogP) is 4.98. The van der Waals surface area contributed by atoms with Crippen LogP contribution in [0, 0.1) is 17.6 Å². The number of nitrogens with zero attached hydrogens (tertiary/aromatic N) is 1. The third kappa shape index (κ3) is 3.12. The molecule has 5 rings (SSSR count). The standard InChI is InChI=1S/C24H21F2N3O/c25-18-8-4-16(5-9-18)24(17-6-10-19(26)11-7-17)13-12-20-21(14-24)28-29-22(20)27-23(30)15-2-1-3-15/h4-13,15H,1-3,14H2,(H2,27,28,29,30). The van der Waals surface area contributed by atoms with E-state index in [4.69, 9.17) is 0 Å². The van der Waals surface area contributed by atoms with Crippen molar-refractivity contribution in [2.24, 2.45) is 5.92 Å². The quantitative estimate of drug-likeness (QED) is 0.643. The molecule has 2 N–H and O–H groups in total. The highest BCUT2D eigenvalue weighted by molar-refractivity contribution is 5.94. The zero-order valence-electron chi connectivity index (χ0n) is 16.3. The van der Waals surface area contributed by atoms with Gasteiger partial charge in [0.2, 0.25) is 5.91 Å². The van der Waals surface area contributed by atoms with Crippen LogP contribution in [0.3, 0.4) is 0 Å². The predicted molar refractivity (Wildman–Crippen MR) is 111 cm³/mol. The Labute approximate surface area is 173 Å². The monoisotopic (exact) mass is 405 g/mol. The van der Waals surface area contributed by atoms with Crippen molar-refractivity contribution in [2.75, 3.05) is 5.32 Å². The van der Waals surface area contributed by atoms with E-state index in [0.717, 1.165) is 41.6 Å². The zero-order valence-corrected chi connectivity index (χ0v) is 16.3. The van der Waals surface area contributed by atoms with Crippen LogP contribution in [0.1, 0.15) is 41.6 Å². The second-order valence-electron chi connectivity index (χ2n) is 8.08. The summed E-state index contributed by atoms with van der Waals surface area (Å²) in [6, 6.07) is 12.7. The average molecular weight is 405 g/mol. The summed E-state index contributed by atoms with van der Waals surface area (Å²) in [5.41, 5.74) is 2.91. The first-order valence-electron chi connectivity index (χ1n) is 10.1. The van der Waals surface area contributed by atoms with E-state index in [2.05, 4.69) is 15.5 Å². The van der Waals surface area contributed by atoms with Crippen molar-refractivity contribution in [3.8, 4) is 0 Å². The number of hydrogen-bond donors (Lipinski definition) is 2. The molecule has 0 radical (unpaired) electrons.